The lowest BCUT2D eigenvalue weighted by Gasteiger charge is -2.00. The molecule has 7 heteroatoms. The molecule has 0 saturated carbocycles. The minimum absolute atomic E-state index is 0.0931. The number of hydrogen-bond donors (Lipinski definition) is 2. The minimum Gasteiger partial charge on any atom is -0.430 e. The molecule has 0 aromatic heterocycles. The van der Waals surface area contributed by atoms with Crippen molar-refractivity contribution in [3.05, 3.63) is 34.1 Å². The summed E-state index contributed by atoms with van der Waals surface area (Å²) in [6.07, 6.45) is 0. The van der Waals surface area contributed by atoms with Gasteiger partial charge in [0.2, 0.25) is 0 Å². The molecule has 0 saturated heterocycles. The fourth-order valence-corrected chi connectivity index (χ4v) is 0.829. The van der Waals surface area contributed by atoms with Gasteiger partial charge in [0.1, 0.15) is 10.8 Å². The lowest BCUT2D eigenvalue weighted by Crippen LogP contribution is -1.93. The molecule has 1 aromatic carbocycles. The molecule has 0 bridgehead atoms. The lowest BCUT2D eigenvalue weighted by atomic mass is 10.2. The smallest absolute Gasteiger partial charge is 0.430 e. The van der Waals surface area contributed by atoms with Crippen LogP contribution in [0.4, 0.5) is 13.2 Å². The van der Waals surface area contributed by atoms with E-state index in [2.05, 4.69) is 0 Å². The quantitative estimate of drug-likeness (QED) is 0.398. The summed E-state index contributed by atoms with van der Waals surface area (Å²) in [7, 11) is -0.750. The largest absolute Gasteiger partial charge is 0.432 e. The molecule has 1 rings (SSSR count). The van der Waals surface area contributed by atoms with Gasteiger partial charge in [-0.3, -0.25) is 0 Å². The molecule has 78 valence electrons. The predicted octanol–water partition coefficient (Wildman–Crippen LogP) is 1.30. The summed E-state index contributed by atoms with van der Waals surface area (Å²) in [5.74, 6) is -3.37. The molecule has 0 fully saturated rings. The van der Waals surface area contributed by atoms with Crippen molar-refractivity contribution in [1.29, 1.82) is 0 Å². The van der Waals surface area contributed by atoms with E-state index in [9.17, 15) is 13.2 Å². The average Bonchev–Trinajstić information content (AvgIpc) is 2.13. The summed E-state index contributed by atoms with van der Waals surface area (Å²) < 4.78 is 37.5. The van der Waals surface area contributed by atoms with Crippen LogP contribution in [0.2, 0.25) is 5.02 Å². The molecular formula is C7H7BClF3O2. The van der Waals surface area contributed by atoms with Crippen LogP contribution in [0, 0.1) is 24.4 Å². The third-order valence-electron chi connectivity index (χ3n) is 1.28. The molecule has 1 aromatic rings. The molecule has 0 amide bonds. The van der Waals surface area contributed by atoms with Gasteiger partial charge in [0.25, 0.3) is 0 Å². The van der Waals surface area contributed by atoms with E-state index in [-0.39, 0.29) is 5.56 Å². The number of benzene rings is 1. The van der Waals surface area contributed by atoms with E-state index in [1.807, 2.05) is 0 Å². The SMILES string of the molecule is Cc1cc(F)c(Cl)c(F)c1F.OBO. The summed E-state index contributed by atoms with van der Waals surface area (Å²) in [4.78, 5) is 0. The van der Waals surface area contributed by atoms with Crippen LogP contribution < -0.4 is 0 Å². The second-order valence-electron chi connectivity index (χ2n) is 2.26. The highest BCUT2D eigenvalue weighted by atomic mass is 35.5. The standard InChI is InChI=1S/C7H4ClF3.BH3O2/c1-3-2-4(9)5(8)7(11)6(3)10;2-1-3/h2H,1H3;1-3H. The van der Waals surface area contributed by atoms with Gasteiger partial charge < -0.3 is 10.0 Å². The van der Waals surface area contributed by atoms with Crippen LogP contribution in [0.3, 0.4) is 0 Å². The van der Waals surface area contributed by atoms with Gasteiger partial charge in [0.05, 0.1) is 0 Å². The van der Waals surface area contributed by atoms with Gasteiger partial charge in [-0.2, -0.15) is 0 Å². The molecule has 14 heavy (non-hydrogen) atoms. The topological polar surface area (TPSA) is 40.5 Å². The van der Waals surface area contributed by atoms with Crippen molar-refractivity contribution in [3.8, 4) is 0 Å². The van der Waals surface area contributed by atoms with E-state index in [1.54, 1.807) is 0 Å². The summed E-state index contributed by atoms with van der Waals surface area (Å²) in [5.41, 5.74) is -0.0931. The molecule has 0 radical (unpaired) electrons. The first kappa shape index (κ1) is 13.3. The molecule has 0 spiro atoms. The monoisotopic (exact) mass is 226 g/mol. The molecular weight excluding hydrogens is 219 g/mol. The molecule has 2 N–H and O–H groups in total. The first-order chi connectivity index (χ1) is 6.45. The van der Waals surface area contributed by atoms with Crippen LogP contribution in [0.15, 0.2) is 6.07 Å². The van der Waals surface area contributed by atoms with Gasteiger partial charge in [-0.15, -0.1) is 0 Å². The van der Waals surface area contributed by atoms with Crippen molar-refractivity contribution >= 4 is 19.3 Å². The number of hydrogen-bond acceptors (Lipinski definition) is 2. The van der Waals surface area contributed by atoms with Crippen LogP contribution in [-0.2, 0) is 0 Å². The first-order valence-electron chi connectivity index (χ1n) is 3.47. The van der Waals surface area contributed by atoms with Crippen molar-refractivity contribution in [1.82, 2.24) is 0 Å². The molecule has 0 heterocycles. The Labute approximate surface area is 84.2 Å². The van der Waals surface area contributed by atoms with Crippen molar-refractivity contribution < 1.29 is 23.2 Å². The van der Waals surface area contributed by atoms with E-state index >= 15 is 0 Å². The third kappa shape index (κ3) is 3.21. The fourth-order valence-electron chi connectivity index (χ4n) is 0.691. The zero-order chi connectivity index (χ0) is 11.3. The Balaban J connectivity index is 0.000000500. The van der Waals surface area contributed by atoms with E-state index in [0.29, 0.717) is 0 Å². The maximum absolute atomic E-state index is 12.5. The van der Waals surface area contributed by atoms with Crippen molar-refractivity contribution in [2.75, 3.05) is 0 Å². The zero-order valence-corrected chi connectivity index (χ0v) is 7.95. The highest BCUT2D eigenvalue weighted by molar-refractivity contribution is 6.30. The highest BCUT2D eigenvalue weighted by Gasteiger charge is 2.14. The van der Waals surface area contributed by atoms with Gasteiger partial charge in [0.15, 0.2) is 11.6 Å². The zero-order valence-electron chi connectivity index (χ0n) is 7.19. The van der Waals surface area contributed by atoms with Crippen molar-refractivity contribution in [2.24, 2.45) is 0 Å². The van der Waals surface area contributed by atoms with E-state index in [0.717, 1.165) is 6.07 Å². The van der Waals surface area contributed by atoms with Crippen LogP contribution in [0.1, 0.15) is 5.56 Å². The fraction of sp³-hybridized carbons (Fsp3) is 0.143. The van der Waals surface area contributed by atoms with Gasteiger partial charge >= 0.3 is 7.69 Å². The van der Waals surface area contributed by atoms with E-state index < -0.39 is 30.2 Å². The Morgan fingerprint density at radius 3 is 2.07 bits per heavy atom. The van der Waals surface area contributed by atoms with Crippen LogP contribution in [-0.4, -0.2) is 17.7 Å². The Morgan fingerprint density at radius 2 is 1.64 bits per heavy atom. The second kappa shape index (κ2) is 5.90. The Bertz CT molecular complexity index is 296. The van der Waals surface area contributed by atoms with E-state index in [4.69, 9.17) is 21.6 Å². The number of rotatable bonds is 0. The van der Waals surface area contributed by atoms with Crippen LogP contribution in [0.25, 0.3) is 0 Å². The van der Waals surface area contributed by atoms with Crippen LogP contribution in [0.5, 0.6) is 0 Å². The number of aryl methyl sites for hydroxylation is 1. The molecule has 0 unspecified atom stereocenters. The Morgan fingerprint density at radius 1 is 1.21 bits per heavy atom. The van der Waals surface area contributed by atoms with Crippen LogP contribution >= 0.6 is 11.6 Å². The summed E-state index contributed by atoms with van der Waals surface area (Å²) in [6, 6.07) is 0.848. The van der Waals surface area contributed by atoms with Gasteiger partial charge in [-0.25, -0.2) is 13.2 Å². The Kier molecular flexibility index (Phi) is 5.60. The second-order valence-corrected chi connectivity index (χ2v) is 2.64. The number of halogens is 4. The van der Waals surface area contributed by atoms with Crippen molar-refractivity contribution in [2.45, 2.75) is 6.92 Å². The third-order valence-corrected chi connectivity index (χ3v) is 1.63. The first-order valence-corrected chi connectivity index (χ1v) is 3.84. The van der Waals surface area contributed by atoms with E-state index in [1.165, 1.54) is 6.92 Å². The van der Waals surface area contributed by atoms with Gasteiger partial charge in [-0.05, 0) is 18.6 Å². The normalized spacial score (nSPS) is 9.07. The summed E-state index contributed by atoms with van der Waals surface area (Å²) in [6.45, 7) is 1.26. The minimum atomic E-state index is -1.33. The molecule has 0 atom stereocenters. The average molecular weight is 226 g/mol. The summed E-state index contributed by atoms with van der Waals surface area (Å²) >= 11 is 5.06. The molecule has 0 aliphatic heterocycles. The molecule has 0 aliphatic rings. The highest BCUT2D eigenvalue weighted by Crippen LogP contribution is 2.23. The van der Waals surface area contributed by atoms with Crippen molar-refractivity contribution in [3.63, 3.8) is 0 Å². The summed E-state index contributed by atoms with van der Waals surface area (Å²) in [5, 5.41) is 13.5. The van der Waals surface area contributed by atoms with Gasteiger partial charge in [0, 0.05) is 0 Å². The molecule has 0 aliphatic carbocycles. The Hall–Kier alpha value is -0.715. The maximum Gasteiger partial charge on any atom is 0.432 e. The predicted molar refractivity (Wildman–Crippen MR) is 47.6 cm³/mol. The lowest BCUT2D eigenvalue weighted by molar-refractivity contribution is 0.448. The molecule has 2 nitrogen and oxygen atoms in total. The van der Waals surface area contributed by atoms with Gasteiger partial charge in [-0.1, -0.05) is 11.6 Å². The maximum atomic E-state index is 12.5.